The van der Waals surface area contributed by atoms with E-state index in [0.29, 0.717) is 21.8 Å². The van der Waals surface area contributed by atoms with Crippen LogP contribution in [0.2, 0.25) is 0 Å². The maximum absolute atomic E-state index is 12.5. The maximum Gasteiger partial charge on any atom is 0.348 e. The number of ether oxygens (including phenoxy) is 3. The highest BCUT2D eigenvalue weighted by molar-refractivity contribution is 7.80. The van der Waals surface area contributed by atoms with Gasteiger partial charge in [0.1, 0.15) is 9.88 Å². The molecule has 1 aromatic carbocycles. The van der Waals surface area contributed by atoms with E-state index in [1.807, 2.05) is 0 Å². The molecule has 2 N–H and O–H groups in total. The van der Waals surface area contributed by atoms with Crippen LogP contribution in [0, 0.1) is 6.92 Å². The Hall–Kier alpha value is -2.98. The second kappa shape index (κ2) is 10.7. The summed E-state index contributed by atoms with van der Waals surface area (Å²) in [6.07, 6.45) is 0. The van der Waals surface area contributed by atoms with Crippen molar-refractivity contribution in [3.63, 3.8) is 0 Å². The Morgan fingerprint density at radius 2 is 1.63 bits per heavy atom. The van der Waals surface area contributed by atoms with E-state index in [0.717, 1.165) is 11.3 Å². The molecular weight excluding hydrogens is 428 g/mol. The number of anilines is 2. The van der Waals surface area contributed by atoms with Crippen molar-refractivity contribution in [2.24, 2.45) is 0 Å². The lowest BCUT2D eigenvalue weighted by Gasteiger charge is -2.13. The Balaban J connectivity index is 2.34. The molecule has 1 heterocycles. The summed E-state index contributed by atoms with van der Waals surface area (Å²) < 4.78 is 15.0. The smallest absolute Gasteiger partial charge is 0.348 e. The minimum absolute atomic E-state index is 0.119. The molecule has 30 heavy (non-hydrogen) atoms. The van der Waals surface area contributed by atoms with Crippen molar-refractivity contribution in [1.29, 1.82) is 0 Å². The van der Waals surface area contributed by atoms with Crippen molar-refractivity contribution in [3.05, 3.63) is 45.8 Å². The molecule has 0 saturated carbocycles. The van der Waals surface area contributed by atoms with Gasteiger partial charge in [-0.3, -0.25) is 0 Å². The van der Waals surface area contributed by atoms with E-state index in [-0.39, 0.29) is 28.8 Å². The molecule has 0 radical (unpaired) electrons. The van der Waals surface area contributed by atoms with Gasteiger partial charge in [-0.1, -0.05) is 12.1 Å². The van der Waals surface area contributed by atoms with Crippen LogP contribution in [0.4, 0.5) is 10.7 Å². The number of thiophene rings is 1. The predicted molar refractivity (Wildman–Crippen MR) is 119 cm³/mol. The summed E-state index contributed by atoms with van der Waals surface area (Å²) in [5, 5.41) is 6.29. The molecule has 10 heteroatoms. The summed E-state index contributed by atoms with van der Waals surface area (Å²) in [6.45, 7) is 5.41. The van der Waals surface area contributed by atoms with Gasteiger partial charge in [-0.2, -0.15) is 0 Å². The van der Waals surface area contributed by atoms with Crippen LogP contribution < -0.4 is 10.6 Å². The monoisotopic (exact) mass is 450 g/mol. The number of rotatable bonds is 7. The van der Waals surface area contributed by atoms with Gasteiger partial charge >= 0.3 is 17.9 Å². The molecule has 0 amide bonds. The zero-order valence-electron chi connectivity index (χ0n) is 17.0. The Kier molecular flexibility index (Phi) is 8.31. The third-order valence-corrected chi connectivity index (χ3v) is 5.29. The number of thiocarbonyl (C=S) groups is 1. The Morgan fingerprint density at radius 1 is 1.00 bits per heavy atom. The maximum atomic E-state index is 12.5. The van der Waals surface area contributed by atoms with Gasteiger partial charge in [-0.15, -0.1) is 11.3 Å². The number of esters is 3. The molecule has 0 atom stereocenters. The van der Waals surface area contributed by atoms with Crippen LogP contribution in [0.15, 0.2) is 24.3 Å². The van der Waals surface area contributed by atoms with Crippen LogP contribution in [-0.2, 0) is 14.2 Å². The average molecular weight is 451 g/mol. The van der Waals surface area contributed by atoms with Gasteiger partial charge in [0.2, 0.25) is 0 Å². The Labute approximate surface area is 183 Å². The van der Waals surface area contributed by atoms with Gasteiger partial charge in [-0.05, 0) is 50.7 Å². The molecule has 0 saturated heterocycles. The lowest BCUT2D eigenvalue weighted by Crippen LogP contribution is -2.21. The van der Waals surface area contributed by atoms with Crippen molar-refractivity contribution < 1.29 is 28.6 Å². The first-order valence-electron chi connectivity index (χ1n) is 9.06. The first-order chi connectivity index (χ1) is 14.3. The number of carbonyl (C=O) groups excluding carboxylic acids is 3. The fourth-order valence-electron chi connectivity index (χ4n) is 2.58. The molecule has 0 spiro atoms. The predicted octanol–water partition coefficient (Wildman–Crippen LogP) is 4.01. The van der Waals surface area contributed by atoms with E-state index in [2.05, 4.69) is 10.6 Å². The number of carbonyl (C=O) groups is 3. The summed E-state index contributed by atoms with van der Waals surface area (Å²) >= 11 is 6.38. The summed E-state index contributed by atoms with van der Waals surface area (Å²) in [5.74, 6) is -1.64. The fraction of sp³-hybridized carbons (Fsp3) is 0.300. The van der Waals surface area contributed by atoms with E-state index in [4.69, 9.17) is 26.4 Å². The van der Waals surface area contributed by atoms with Crippen LogP contribution in [0.1, 0.15) is 49.8 Å². The van der Waals surface area contributed by atoms with Crippen molar-refractivity contribution in [2.75, 3.05) is 31.0 Å². The standard InChI is InChI=1S/C20H22N2O6S2/c1-5-27-18(24)14-11(3)15(19(25)28-6-2)30-16(14)22-20(29)21-13-10-8-7-9-12(13)17(23)26-4/h7-10H,5-6H2,1-4H3,(H2,21,22,29). The molecule has 0 unspecified atom stereocenters. The minimum atomic E-state index is -0.581. The highest BCUT2D eigenvalue weighted by Gasteiger charge is 2.27. The number of nitrogens with one attached hydrogen (secondary N) is 2. The highest BCUT2D eigenvalue weighted by Crippen LogP contribution is 2.34. The highest BCUT2D eigenvalue weighted by atomic mass is 32.1. The first-order valence-corrected chi connectivity index (χ1v) is 10.3. The van der Waals surface area contributed by atoms with Crippen LogP contribution in [0.5, 0.6) is 0 Å². The minimum Gasteiger partial charge on any atom is -0.465 e. The van der Waals surface area contributed by atoms with Gasteiger partial charge in [-0.25, -0.2) is 14.4 Å². The van der Waals surface area contributed by atoms with E-state index in [1.165, 1.54) is 7.11 Å². The second-order valence-electron chi connectivity index (χ2n) is 5.82. The molecule has 160 valence electrons. The molecule has 8 nitrogen and oxygen atoms in total. The lowest BCUT2D eigenvalue weighted by atomic mass is 10.1. The third kappa shape index (κ3) is 5.33. The van der Waals surface area contributed by atoms with Crippen LogP contribution >= 0.6 is 23.6 Å². The molecule has 2 aromatic rings. The zero-order chi connectivity index (χ0) is 22.3. The fourth-order valence-corrected chi connectivity index (χ4v) is 3.95. The van der Waals surface area contributed by atoms with Crippen molar-refractivity contribution >= 4 is 57.3 Å². The number of benzene rings is 1. The molecule has 0 bridgehead atoms. The average Bonchev–Trinajstić information content (AvgIpc) is 3.04. The molecule has 1 aromatic heterocycles. The second-order valence-corrected chi connectivity index (χ2v) is 7.25. The topological polar surface area (TPSA) is 103 Å². The molecule has 2 rings (SSSR count). The van der Waals surface area contributed by atoms with Gasteiger partial charge in [0.25, 0.3) is 0 Å². The van der Waals surface area contributed by atoms with E-state index in [9.17, 15) is 14.4 Å². The van der Waals surface area contributed by atoms with E-state index < -0.39 is 17.9 Å². The van der Waals surface area contributed by atoms with Gasteiger partial charge in [0.15, 0.2) is 5.11 Å². The van der Waals surface area contributed by atoms with Crippen molar-refractivity contribution in [1.82, 2.24) is 0 Å². The molecular formula is C20H22N2O6S2. The number of hydrogen-bond donors (Lipinski definition) is 2. The normalized spacial score (nSPS) is 10.1. The van der Waals surface area contributed by atoms with Crippen molar-refractivity contribution in [3.8, 4) is 0 Å². The third-order valence-electron chi connectivity index (χ3n) is 3.89. The number of methoxy groups -OCH3 is 1. The largest absolute Gasteiger partial charge is 0.465 e. The number of hydrogen-bond acceptors (Lipinski definition) is 8. The SMILES string of the molecule is CCOC(=O)c1sc(NC(=S)Nc2ccccc2C(=O)OC)c(C(=O)OCC)c1C. The van der Waals surface area contributed by atoms with Gasteiger partial charge in [0.05, 0.1) is 37.1 Å². The Morgan fingerprint density at radius 3 is 2.27 bits per heavy atom. The number of para-hydroxylation sites is 1. The summed E-state index contributed by atoms with van der Waals surface area (Å²) in [5.41, 5.74) is 1.37. The zero-order valence-corrected chi connectivity index (χ0v) is 18.6. The summed E-state index contributed by atoms with van der Waals surface area (Å²) in [6, 6.07) is 6.68. The lowest BCUT2D eigenvalue weighted by molar-refractivity contribution is 0.0526. The summed E-state index contributed by atoms with van der Waals surface area (Å²) in [7, 11) is 1.28. The van der Waals surface area contributed by atoms with Crippen molar-refractivity contribution in [2.45, 2.75) is 20.8 Å². The van der Waals surface area contributed by atoms with E-state index in [1.54, 1.807) is 45.0 Å². The Bertz CT molecular complexity index is 970. The summed E-state index contributed by atoms with van der Waals surface area (Å²) in [4.78, 5) is 36.9. The molecule has 0 aliphatic carbocycles. The molecule has 0 aliphatic rings. The molecule has 0 aliphatic heterocycles. The van der Waals surface area contributed by atoms with E-state index >= 15 is 0 Å². The van der Waals surface area contributed by atoms with Gasteiger partial charge < -0.3 is 24.8 Å². The van der Waals surface area contributed by atoms with Crippen LogP contribution in [0.25, 0.3) is 0 Å². The van der Waals surface area contributed by atoms with Crippen LogP contribution in [0.3, 0.4) is 0 Å². The quantitative estimate of drug-likeness (QED) is 0.368. The molecule has 0 fully saturated rings. The first kappa shape index (κ1) is 23.3. The van der Waals surface area contributed by atoms with Gasteiger partial charge in [0, 0.05) is 0 Å². The van der Waals surface area contributed by atoms with Crippen LogP contribution in [-0.4, -0.2) is 43.3 Å².